The molecule has 0 aliphatic heterocycles. The summed E-state index contributed by atoms with van der Waals surface area (Å²) in [6.45, 7) is 0.647. The molecule has 0 aliphatic rings. The Kier molecular flexibility index (Phi) is 6.17. The number of carbonyl (C=O) groups excluding carboxylic acids is 1. The minimum atomic E-state index is -0.753. The lowest BCUT2D eigenvalue weighted by Crippen LogP contribution is -2.29. The van der Waals surface area contributed by atoms with Crippen molar-refractivity contribution in [3.05, 3.63) is 23.6 Å². The lowest BCUT2D eigenvalue weighted by Gasteiger charge is -2.17. The van der Waals surface area contributed by atoms with Gasteiger partial charge in [-0.15, -0.1) is 0 Å². The van der Waals surface area contributed by atoms with E-state index < -0.39 is 11.7 Å². The van der Waals surface area contributed by atoms with Gasteiger partial charge in [0.05, 0.1) is 5.56 Å². The monoisotopic (exact) mass is 270 g/mol. The van der Waals surface area contributed by atoms with E-state index in [-0.39, 0.29) is 18.0 Å². The number of halogens is 1. The number of nitrogens with one attached hydrogen (secondary N) is 1. The molecular weight excluding hydrogens is 251 g/mol. The van der Waals surface area contributed by atoms with Crippen LogP contribution in [0.2, 0.25) is 0 Å². The second kappa shape index (κ2) is 7.65. The van der Waals surface area contributed by atoms with Gasteiger partial charge in [0.2, 0.25) is 0 Å². The third-order valence-corrected chi connectivity index (χ3v) is 2.75. The lowest BCUT2D eigenvalue weighted by molar-refractivity contribution is 0.0787. The van der Waals surface area contributed by atoms with Gasteiger partial charge in [-0.25, -0.2) is 15.2 Å². The van der Waals surface area contributed by atoms with Gasteiger partial charge in [-0.1, -0.05) is 0 Å². The molecule has 0 saturated carbocycles. The van der Waals surface area contributed by atoms with Crippen LogP contribution >= 0.6 is 0 Å². The highest BCUT2D eigenvalue weighted by Crippen LogP contribution is 2.15. The van der Waals surface area contributed by atoms with Crippen LogP contribution in [0.5, 0.6) is 0 Å². The Labute approximate surface area is 111 Å². The largest absolute Gasteiger partial charge is 0.396 e. The van der Waals surface area contributed by atoms with Crippen molar-refractivity contribution in [1.29, 1.82) is 0 Å². The molecule has 0 saturated heterocycles. The zero-order chi connectivity index (χ0) is 14.3. The van der Waals surface area contributed by atoms with Crippen LogP contribution in [0.1, 0.15) is 29.6 Å². The number of aliphatic hydroxyl groups excluding tert-OH is 1. The molecule has 0 aliphatic carbocycles. The summed E-state index contributed by atoms with van der Waals surface area (Å²) in [4.78, 5) is 17.2. The number of pyridine rings is 1. The van der Waals surface area contributed by atoms with Crippen molar-refractivity contribution in [2.24, 2.45) is 5.84 Å². The summed E-state index contributed by atoms with van der Waals surface area (Å²) in [5.74, 6) is 3.79. The molecule has 1 heterocycles. The van der Waals surface area contributed by atoms with Crippen LogP contribution in [0.3, 0.4) is 0 Å². The van der Waals surface area contributed by atoms with E-state index in [1.807, 2.05) is 0 Å². The molecule has 1 amide bonds. The molecular formula is C12H19FN4O2. The maximum atomic E-state index is 13.8. The maximum absolute atomic E-state index is 13.8. The summed E-state index contributed by atoms with van der Waals surface area (Å²) in [5.41, 5.74) is 2.04. The molecule has 106 valence electrons. The molecule has 0 unspecified atom stereocenters. The Balaban J connectivity index is 2.66. The summed E-state index contributed by atoms with van der Waals surface area (Å²) in [6.07, 6.45) is 3.61. The van der Waals surface area contributed by atoms with Gasteiger partial charge in [0.15, 0.2) is 11.6 Å². The predicted octanol–water partition coefficient (Wildman–Crippen LogP) is 0.741. The zero-order valence-electron chi connectivity index (χ0n) is 10.9. The van der Waals surface area contributed by atoms with Crippen molar-refractivity contribution in [3.8, 4) is 0 Å². The molecule has 1 aromatic heterocycles. The predicted molar refractivity (Wildman–Crippen MR) is 69.9 cm³/mol. The highest BCUT2D eigenvalue weighted by atomic mass is 19.1. The molecule has 19 heavy (non-hydrogen) atoms. The molecule has 4 N–H and O–H groups in total. The Morgan fingerprint density at radius 3 is 2.89 bits per heavy atom. The Bertz CT molecular complexity index is 428. The van der Waals surface area contributed by atoms with Crippen molar-refractivity contribution in [1.82, 2.24) is 9.88 Å². The molecule has 0 bridgehead atoms. The van der Waals surface area contributed by atoms with E-state index in [1.54, 1.807) is 7.05 Å². The minimum absolute atomic E-state index is 0.0624. The van der Waals surface area contributed by atoms with Crippen molar-refractivity contribution >= 4 is 11.7 Å². The summed E-state index contributed by atoms with van der Waals surface area (Å²) >= 11 is 0. The van der Waals surface area contributed by atoms with E-state index in [4.69, 9.17) is 10.9 Å². The lowest BCUT2D eigenvalue weighted by atomic mass is 10.2. The van der Waals surface area contributed by atoms with Crippen LogP contribution < -0.4 is 11.3 Å². The number of aromatic nitrogens is 1. The number of amides is 1. The van der Waals surface area contributed by atoms with E-state index in [2.05, 4.69) is 10.4 Å². The Morgan fingerprint density at radius 1 is 1.53 bits per heavy atom. The van der Waals surface area contributed by atoms with Crippen molar-refractivity contribution in [3.63, 3.8) is 0 Å². The van der Waals surface area contributed by atoms with E-state index in [0.29, 0.717) is 13.0 Å². The van der Waals surface area contributed by atoms with E-state index >= 15 is 0 Å². The number of nitrogens with zero attached hydrogens (tertiary/aromatic N) is 2. The number of unbranched alkanes of at least 4 members (excludes halogenated alkanes) is 2. The molecule has 6 nitrogen and oxygen atoms in total. The number of nitrogens with two attached hydrogens (primary N) is 1. The number of anilines is 1. The fourth-order valence-electron chi connectivity index (χ4n) is 1.65. The van der Waals surface area contributed by atoms with Crippen LogP contribution in [-0.4, -0.2) is 41.1 Å². The highest BCUT2D eigenvalue weighted by Gasteiger charge is 2.18. The van der Waals surface area contributed by atoms with Crippen molar-refractivity contribution in [2.45, 2.75) is 19.3 Å². The Hall–Kier alpha value is -1.73. The van der Waals surface area contributed by atoms with Crippen molar-refractivity contribution < 1.29 is 14.3 Å². The van der Waals surface area contributed by atoms with Crippen LogP contribution in [0.25, 0.3) is 0 Å². The number of carbonyl (C=O) groups is 1. The van der Waals surface area contributed by atoms with Gasteiger partial charge in [0.1, 0.15) is 0 Å². The normalized spacial score (nSPS) is 10.3. The van der Waals surface area contributed by atoms with Gasteiger partial charge >= 0.3 is 0 Å². The van der Waals surface area contributed by atoms with E-state index in [9.17, 15) is 9.18 Å². The first-order valence-electron chi connectivity index (χ1n) is 6.09. The third-order valence-electron chi connectivity index (χ3n) is 2.75. The third kappa shape index (κ3) is 4.15. The minimum Gasteiger partial charge on any atom is -0.396 e. The molecule has 1 rings (SSSR count). The Morgan fingerprint density at radius 2 is 2.26 bits per heavy atom. The van der Waals surface area contributed by atoms with Gasteiger partial charge < -0.3 is 15.4 Å². The van der Waals surface area contributed by atoms with Gasteiger partial charge in [-0.05, 0) is 25.3 Å². The number of hydrogen-bond acceptors (Lipinski definition) is 5. The first-order valence-corrected chi connectivity index (χ1v) is 6.09. The second-order valence-electron chi connectivity index (χ2n) is 4.18. The number of hydrazine groups is 1. The summed E-state index contributed by atoms with van der Waals surface area (Å²) in [5, 5.41) is 8.66. The second-order valence-corrected chi connectivity index (χ2v) is 4.18. The van der Waals surface area contributed by atoms with Gasteiger partial charge in [-0.2, -0.15) is 0 Å². The smallest absolute Gasteiger partial charge is 0.256 e. The zero-order valence-corrected chi connectivity index (χ0v) is 10.9. The van der Waals surface area contributed by atoms with Gasteiger partial charge in [0.25, 0.3) is 5.91 Å². The molecule has 0 spiro atoms. The topological polar surface area (TPSA) is 91.5 Å². The first-order chi connectivity index (χ1) is 9.11. The van der Waals surface area contributed by atoms with E-state index in [1.165, 1.54) is 17.2 Å². The van der Waals surface area contributed by atoms with Crippen molar-refractivity contribution in [2.75, 3.05) is 25.6 Å². The van der Waals surface area contributed by atoms with Gasteiger partial charge in [0, 0.05) is 26.4 Å². The average molecular weight is 270 g/mol. The van der Waals surface area contributed by atoms with Gasteiger partial charge in [-0.3, -0.25) is 4.79 Å². The number of hydrogen-bond donors (Lipinski definition) is 3. The standard InChI is InChI=1S/C12H19FN4O2/c1-17(7-3-2-4-8-18)12(19)9-5-6-15-11(16-14)10(9)13/h5-6,18H,2-4,7-8,14H2,1H3,(H,15,16). The fourth-order valence-corrected chi connectivity index (χ4v) is 1.65. The highest BCUT2D eigenvalue weighted by molar-refractivity contribution is 5.95. The summed E-state index contributed by atoms with van der Waals surface area (Å²) < 4.78 is 13.8. The molecule has 1 aromatic rings. The van der Waals surface area contributed by atoms with Crippen LogP contribution in [-0.2, 0) is 0 Å². The summed E-state index contributed by atoms with van der Waals surface area (Å²) in [6, 6.07) is 1.32. The number of nitrogen functional groups attached to an aromatic ring is 1. The molecule has 0 aromatic carbocycles. The molecule has 0 radical (unpaired) electrons. The van der Waals surface area contributed by atoms with E-state index in [0.717, 1.165) is 12.8 Å². The molecule has 7 heteroatoms. The average Bonchev–Trinajstić information content (AvgIpc) is 2.43. The fraction of sp³-hybridized carbons (Fsp3) is 0.500. The number of aliphatic hydroxyl groups is 1. The number of rotatable bonds is 7. The molecule has 0 fully saturated rings. The quantitative estimate of drug-likeness (QED) is 0.386. The van der Waals surface area contributed by atoms with Crippen LogP contribution in [0, 0.1) is 5.82 Å². The van der Waals surface area contributed by atoms with Crippen LogP contribution in [0.4, 0.5) is 10.2 Å². The molecule has 0 atom stereocenters. The SMILES string of the molecule is CN(CCCCCO)C(=O)c1ccnc(NN)c1F. The van der Waals surface area contributed by atoms with Crippen LogP contribution in [0.15, 0.2) is 12.3 Å². The summed E-state index contributed by atoms with van der Waals surface area (Å²) in [7, 11) is 1.61. The maximum Gasteiger partial charge on any atom is 0.256 e. The first kappa shape index (κ1) is 15.3.